The van der Waals surface area contributed by atoms with Crippen LogP contribution in [0.1, 0.15) is 86.3 Å². The number of hydrogen-bond acceptors (Lipinski definition) is 8. The number of rotatable bonds is 9. The third kappa shape index (κ3) is 8.47. The smallest absolute Gasteiger partial charge is 0.411 e. The van der Waals surface area contributed by atoms with Crippen molar-refractivity contribution in [3.63, 3.8) is 0 Å². The summed E-state index contributed by atoms with van der Waals surface area (Å²) in [6, 6.07) is 16.3. The number of esters is 1. The number of aromatic amines is 1. The maximum absolute atomic E-state index is 13.3. The molecule has 4 aromatic rings. The van der Waals surface area contributed by atoms with Crippen LogP contribution in [0.2, 0.25) is 0 Å². The van der Waals surface area contributed by atoms with Crippen molar-refractivity contribution in [2.75, 3.05) is 19.0 Å². The summed E-state index contributed by atoms with van der Waals surface area (Å²) < 4.78 is 45.2. The maximum Gasteiger partial charge on any atom is 0.411 e. The first kappa shape index (κ1) is 36.0. The standard InChI is InChI=1S/C38H41N3O8S/c1-24(31-23-39-32-19-17-27(22-30(31)32)40-37(44)49-28-13-7-8-14-28)29-18-16-26(21-33(29)47-5)35(42)41-50(45,46)34-15-9-6-11-25(34)12-10-20-48-36(43)38(2,3)4/h6,9,11,15-19,21-24,28,39H,7-8,13-14,20H2,1-5H3,(H,40,44)(H,41,42). The zero-order valence-electron chi connectivity index (χ0n) is 28.7. The van der Waals surface area contributed by atoms with Crippen molar-refractivity contribution < 1.29 is 37.0 Å². The van der Waals surface area contributed by atoms with Gasteiger partial charge in [0.1, 0.15) is 16.7 Å². The zero-order chi connectivity index (χ0) is 36.1. The van der Waals surface area contributed by atoms with E-state index in [0.29, 0.717) is 11.4 Å². The number of benzene rings is 3. The molecule has 1 atom stereocenters. The van der Waals surface area contributed by atoms with Gasteiger partial charge in [0.25, 0.3) is 15.9 Å². The van der Waals surface area contributed by atoms with E-state index >= 15 is 0 Å². The number of anilines is 1. The van der Waals surface area contributed by atoms with Crippen LogP contribution < -0.4 is 14.8 Å². The minimum atomic E-state index is -4.33. The molecule has 0 spiro atoms. The van der Waals surface area contributed by atoms with Gasteiger partial charge in [-0.2, -0.15) is 0 Å². The van der Waals surface area contributed by atoms with Gasteiger partial charge in [0, 0.05) is 45.4 Å². The first-order valence-corrected chi connectivity index (χ1v) is 17.8. The molecule has 5 rings (SSSR count). The van der Waals surface area contributed by atoms with E-state index in [9.17, 15) is 22.8 Å². The number of carbonyl (C=O) groups excluding carboxylic acids is 3. The average Bonchev–Trinajstić information content (AvgIpc) is 3.75. The number of sulfonamides is 1. The van der Waals surface area contributed by atoms with Gasteiger partial charge in [-0.1, -0.05) is 37.0 Å². The highest BCUT2D eigenvalue weighted by Crippen LogP contribution is 2.37. The average molecular weight is 700 g/mol. The van der Waals surface area contributed by atoms with Gasteiger partial charge in [-0.05, 0) is 94.5 Å². The zero-order valence-corrected chi connectivity index (χ0v) is 29.5. The van der Waals surface area contributed by atoms with E-state index in [4.69, 9.17) is 14.2 Å². The van der Waals surface area contributed by atoms with E-state index in [1.54, 1.807) is 39.0 Å². The van der Waals surface area contributed by atoms with Gasteiger partial charge < -0.3 is 19.2 Å². The van der Waals surface area contributed by atoms with Crippen molar-refractivity contribution in [3.8, 4) is 17.6 Å². The molecular weight excluding hydrogens is 658 g/mol. The predicted octanol–water partition coefficient (Wildman–Crippen LogP) is 6.88. The SMILES string of the molecule is COc1cc(C(=O)NS(=O)(=O)c2ccccc2C#CCOC(=O)C(C)(C)C)ccc1C(C)c1c[nH]c2ccc(NC(=O)OC3CCCC3)cc12. The van der Waals surface area contributed by atoms with Crippen LogP contribution in [0.4, 0.5) is 10.5 Å². The quantitative estimate of drug-likeness (QED) is 0.126. The third-order valence-corrected chi connectivity index (χ3v) is 9.87. The molecular formula is C38H41N3O8S. The van der Waals surface area contributed by atoms with Crippen LogP contribution >= 0.6 is 0 Å². The van der Waals surface area contributed by atoms with Crippen LogP contribution in [-0.2, 0) is 24.3 Å². The Balaban J connectivity index is 1.31. The Bertz CT molecular complexity index is 2080. The van der Waals surface area contributed by atoms with Gasteiger partial charge in [0.2, 0.25) is 0 Å². The van der Waals surface area contributed by atoms with E-state index in [0.717, 1.165) is 47.7 Å². The largest absolute Gasteiger partial charge is 0.496 e. The summed E-state index contributed by atoms with van der Waals surface area (Å²) in [6.45, 7) is 6.92. The maximum atomic E-state index is 13.3. The molecule has 0 aliphatic heterocycles. The second kappa shape index (κ2) is 15.1. The fraction of sp³-hybridized carbons (Fsp3) is 0.342. The fourth-order valence-corrected chi connectivity index (χ4v) is 6.89. The number of fused-ring (bicyclic) bond motifs is 1. The lowest BCUT2D eigenvalue weighted by atomic mass is 9.91. The fourth-order valence-electron chi connectivity index (χ4n) is 5.75. The number of hydrogen-bond donors (Lipinski definition) is 3. The van der Waals surface area contributed by atoms with E-state index in [2.05, 4.69) is 26.9 Å². The molecule has 3 aromatic carbocycles. The number of amides is 2. The number of carbonyl (C=O) groups is 3. The normalized spacial score (nSPS) is 13.9. The lowest BCUT2D eigenvalue weighted by Gasteiger charge is -2.17. The second-order valence-electron chi connectivity index (χ2n) is 13.2. The van der Waals surface area contributed by atoms with Gasteiger partial charge in [-0.15, -0.1) is 0 Å². The predicted molar refractivity (Wildman–Crippen MR) is 190 cm³/mol. The van der Waals surface area contributed by atoms with Crippen molar-refractivity contribution >= 4 is 44.6 Å². The molecule has 12 heteroatoms. The molecule has 2 amide bonds. The number of aromatic nitrogens is 1. The van der Waals surface area contributed by atoms with Crippen LogP contribution in [0.25, 0.3) is 10.9 Å². The molecule has 0 saturated heterocycles. The Hall–Kier alpha value is -5.28. The van der Waals surface area contributed by atoms with Crippen LogP contribution in [0.3, 0.4) is 0 Å². The van der Waals surface area contributed by atoms with E-state index < -0.39 is 33.4 Å². The van der Waals surface area contributed by atoms with Crippen LogP contribution in [0.15, 0.2) is 71.8 Å². The highest BCUT2D eigenvalue weighted by molar-refractivity contribution is 7.90. The van der Waals surface area contributed by atoms with Crippen LogP contribution in [0.5, 0.6) is 5.75 Å². The first-order chi connectivity index (χ1) is 23.8. The van der Waals surface area contributed by atoms with Gasteiger partial charge in [-0.3, -0.25) is 14.9 Å². The molecule has 1 heterocycles. The molecule has 1 unspecified atom stereocenters. The third-order valence-electron chi connectivity index (χ3n) is 8.48. The molecule has 3 N–H and O–H groups in total. The first-order valence-electron chi connectivity index (χ1n) is 16.4. The Labute approximate surface area is 292 Å². The Morgan fingerprint density at radius 3 is 2.46 bits per heavy atom. The minimum Gasteiger partial charge on any atom is -0.496 e. The molecule has 262 valence electrons. The van der Waals surface area contributed by atoms with Gasteiger partial charge in [-0.25, -0.2) is 17.9 Å². The summed E-state index contributed by atoms with van der Waals surface area (Å²) in [5.74, 6) is 4.28. The molecule has 50 heavy (non-hydrogen) atoms. The monoisotopic (exact) mass is 699 g/mol. The number of H-pyrrole nitrogens is 1. The number of nitrogens with one attached hydrogen (secondary N) is 3. The Morgan fingerprint density at radius 1 is 1.00 bits per heavy atom. The van der Waals surface area contributed by atoms with Gasteiger partial charge >= 0.3 is 12.1 Å². The van der Waals surface area contributed by atoms with Gasteiger partial charge in [0.05, 0.1) is 12.5 Å². The summed E-state index contributed by atoms with van der Waals surface area (Å²) in [6.07, 6.45) is 5.25. The molecule has 1 fully saturated rings. The van der Waals surface area contributed by atoms with Crippen LogP contribution in [-0.4, -0.2) is 51.2 Å². The lowest BCUT2D eigenvalue weighted by molar-refractivity contribution is -0.151. The van der Waals surface area contributed by atoms with Crippen molar-refractivity contribution in [1.82, 2.24) is 9.71 Å². The highest BCUT2D eigenvalue weighted by atomic mass is 32.2. The molecule has 1 aromatic heterocycles. The van der Waals surface area contributed by atoms with E-state index in [1.807, 2.05) is 25.3 Å². The summed E-state index contributed by atoms with van der Waals surface area (Å²) in [5, 5.41) is 3.72. The van der Waals surface area contributed by atoms with Crippen molar-refractivity contribution in [1.29, 1.82) is 0 Å². The van der Waals surface area contributed by atoms with Crippen molar-refractivity contribution in [2.24, 2.45) is 5.41 Å². The molecule has 1 aliphatic rings. The highest BCUT2D eigenvalue weighted by Gasteiger charge is 2.25. The van der Waals surface area contributed by atoms with E-state index in [-0.39, 0.29) is 34.7 Å². The lowest BCUT2D eigenvalue weighted by Crippen LogP contribution is -2.31. The van der Waals surface area contributed by atoms with Crippen LogP contribution in [0, 0.1) is 17.3 Å². The van der Waals surface area contributed by atoms with Crippen molar-refractivity contribution in [3.05, 3.63) is 89.1 Å². The Kier molecular flexibility index (Phi) is 10.9. The summed E-state index contributed by atoms with van der Waals surface area (Å²) in [7, 11) is -2.86. The summed E-state index contributed by atoms with van der Waals surface area (Å²) >= 11 is 0. The number of ether oxygens (including phenoxy) is 3. The second-order valence-corrected chi connectivity index (χ2v) is 14.8. The minimum absolute atomic E-state index is 0.0489. The van der Waals surface area contributed by atoms with Crippen molar-refractivity contribution in [2.45, 2.75) is 70.3 Å². The van der Waals surface area contributed by atoms with Gasteiger partial charge in [0.15, 0.2) is 6.61 Å². The Morgan fingerprint density at radius 2 is 1.74 bits per heavy atom. The topological polar surface area (TPSA) is 153 Å². The molecule has 11 nitrogen and oxygen atoms in total. The molecule has 1 saturated carbocycles. The summed E-state index contributed by atoms with van der Waals surface area (Å²) in [5.41, 5.74) is 2.69. The number of methoxy groups -OCH3 is 1. The molecule has 0 bridgehead atoms. The van der Waals surface area contributed by atoms with E-state index in [1.165, 1.54) is 37.4 Å². The summed E-state index contributed by atoms with van der Waals surface area (Å²) in [4.78, 5) is 40.8. The molecule has 1 aliphatic carbocycles. The molecule has 0 radical (unpaired) electrons.